The predicted octanol–water partition coefficient (Wildman–Crippen LogP) is 2.36. The van der Waals surface area contributed by atoms with E-state index in [1.807, 2.05) is 7.05 Å². The summed E-state index contributed by atoms with van der Waals surface area (Å²) >= 11 is 0. The van der Waals surface area contributed by atoms with Gasteiger partial charge < -0.3 is 19.7 Å². The molecule has 0 amide bonds. The molecule has 1 saturated heterocycles. The van der Waals surface area contributed by atoms with Crippen molar-refractivity contribution in [2.45, 2.75) is 26.8 Å². The van der Waals surface area contributed by atoms with E-state index >= 15 is 0 Å². The number of methoxy groups -OCH3 is 1. The Morgan fingerprint density at radius 2 is 2.17 bits per heavy atom. The zero-order valence-corrected chi connectivity index (χ0v) is 15.5. The van der Waals surface area contributed by atoms with Crippen molar-refractivity contribution in [3.05, 3.63) is 34.9 Å². The standard InChI is InChI=1S/C19H31N3O2/c1-15-5-6-18(16(2)11-15)12-21-19(20-3)22-8-7-17(13-22)14-24-10-9-23-4/h5-6,11,17H,7-10,12-14H2,1-4H3,(H,20,21). The van der Waals surface area contributed by atoms with Crippen molar-refractivity contribution in [1.29, 1.82) is 0 Å². The highest BCUT2D eigenvalue weighted by atomic mass is 16.5. The maximum Gasteiger partial charge on any atom is 0.193 e. The number of aliphatic imine (C=N–C) groups is 1. The zero-order valence-electron chi connectivity index (χ0n) is 15.5. The van der Waals surface area contributed by atoms with Crippen LogP contribution in [0.15, 0.2) is 23.2 Å². The molecule has 0 radical (unpaired) electrons. The van der Waals surface area contributed by atoms with Crippen molar-refractivity contribution in [3.63, 3.8) is 0 Å². The third-order valence-corrected chi connectivity index (χ3v) is 4.52. The number of hydrogen-bond acceptors (Lipinski definition) is 3. The topological polar surface area (TPSA) is 46.1 Å². The lowest BCUT2D eigenvalue weighted by atomic mass is 10.1. The molecule has 0 bridgehead atoms. The molecule has 5 heteroatoms. The molecule has 0 aromatic heterocycles. The Morgan fingerprint density at radius 3 is 2.88 bits per heavy atom. The number of hydrogen-bond donors (Lipinski definition) is 1. The van der Waals surface area contributed by atoms with Gasteiger partial charge in [-0.25, -0.2) is 0 Å². The summed E-state index contributed by atoms with van der Waals surface area (Å²) in [7, 11) is 3.55. The fourth-order valence-corrected chi connectivity index (χ4v) is 3.10. The van der Waals surface area contributed by atoms with Crippen LogP contribution in [0.4, 0.5) is 0 Å². The molecule has 1 aliphatic rings. The lowest BCUT2D eigenvalue weighted by Crippen LogP contribution is -2.40. The van der Waals surface area contributed by atoms with Crippen molar-refractivity contribution in [1.82, 2.24) is 10.2 Å². The molecule has 0 saturated carbocycles. The van der Waals surface area contributed by atoms with Gasteiger partial charge in [0.1, 0.15) is 0 Å². The summed E-state index contributed by atoms with van der Waals surface area (Å²) in [4.78, 5) is 6.77. The summed E-state index contributed by atoms with van der Waals surface area (Å²) in [5.41, 5.74) is 3.95. The molecule has 1 aliphatic heterocycles. The van der Waals surface area contributed by atoms with E-state index in [0.717, 1.165) is 38.6 Å². The van der Waals surface area contributed by atoms with Crippen LogP contribution in [0.2, 0.25) is 0 Å². The van der Waals surface area contributed by atoms with Crippen molar-refractivity contribution >= 4 is 5.96 Å². The minimum atomic E-state index is 0.571. The number of nitrogens with zero attached hydrogens (tertiary/aromatic N) is 2. The van der Waals surface area contributed by atoms with E-state index in [4.69, 9.17) is 9.47 Å². The quantitative estimate of drug-likeness (QED) is 0.473. The van der Waals surface area contributed by atoms with Gasteiger partial charge in [-0.15, -0.1) is 0 Å². The average molecular weight is 333 g/mol. The first-order chi connectivity index (χ1) is 11.6. The van der Waals surface area contributed by atoms with Gasteiger partial charge in [-0.05, 0) is 31.4 Å². The third-order valence-electron chi connectivity index (χ3n) is 4.52. The van der Waals surface area contributed by atoms with Crippen LogP contribution in [-0.4, -0.2) is 57.9 Å². The van der Waals surface area contributed by atoms with E-state index in [-0.39, 0.29) is 0 Å². The fraction of sp³-hybridized carbons (Fsp3) is 0.632. The summed E-state index contributed by atoms with van der Waals surface area (Å²) in [5.74, 6) is 1.55. The summed E-state index contributed by atoms with van der Waals surface area (Å²) < 4.78 is 10.7. The largest absolute Gasteiger partial charge is 0.382 e. The van der Waals surface area contributed by atoms with Crippen molar-refractivity contribution in [2.24, 2.45) is 10.9 Å². The van der Waals surface area contributed by atoms with Crippen LogP contribution in [0, 0.1) is 19.8 Å². The van der Waals surface area contributed by atoms with Gasteiger partial charge in [0, 0.05) is 39.7 Å². The van der Waals surface area contributed by atoms with Crippen molar-refractivity contribution in [3.8, 4) is 0 Å². The van der Waals surface area contributed by atoms with Crippen molar-refractivity contribution in [2.75, 3.05) is 47.1 Å². The fourth-order valence-electron chi connectivity index (χ4n) is 3.10. The molecular weight excluding hydrogens is 302 g/mol. The first-order valence-corrected chi connectivity index (χ1v) is 8.72. The lowest BCUT2D eigenvalue weighted by molar-refractivity contribution is 0.0536. The molecule has 1 unspecified atom stereocenters. The number of nitrogens with one attached hydrogen (secondary N) is 1. The highest BCUT2D eigenvalue weighted by Crippen LogP contribution is 2.17. The minimum Gasteiger partial charge on any atom is -0.382 e. The first kappa shape index (κ1) is 18.7. The van der Waals surface area contributed by atoms with Gasteiger partial charge in [-0.2, -0.15) is 0 Å². The Morgan fingerprint density at radius 1 is 1.33 bits per heavy atom. The molecule has 0 aliphatic carbocycles. The molecule has 1 aromatic carbocycles. The van der Waals surface area contributed by atoms with E-state index in [0.29, 0.717) is 19.1 Å². The summed E-state index contributed by atoms with van der Waals surface area (Å²) in [5, 5.41) is 3.50. The number of rotatable bonds is 7. The van der Waals surface area contributed by atoms with Crippen LogP contribution in [0.5, 0.6) is 0 Å². The van der Waals surface area contributed by atoms with Gasteiger partial charge in [0.15, 0.2) is 5.96 Å². The second-order valence-corrected chi connectivity index (χ2v) is 6.50. The monoisotopic (exact) mass is 333 g/mol. The number of aryl methyl sites for hydroxylation is 2. The number of ether oxygens (including phenoxy) is 2. The Kier molecular flexibility index (Phi) is 7.53. The molecule has 1 heterocycles. The van der Waals surface area contributed by atoms with Gasteiger partial charge in [0.05, 0.1) is 19.8 Å². The van der Waals surface area contributed by atoms with Crippen molar-refractivity contribution < 1.29 is 9.47 Å². The molecule has 134 valence electrons. The Hall–Kier alpha value is -1.59. The number of guanidine groups is 1. The first-order valence-electron chi connectivity index (χ1n) is 8.72. The van der Waals surface area contributed by atoms with Crippen LogP contribution in [0.1, 0.15) is 23.1 Å². The van der Waals surface area contributed by atoms with Crippen LogP contribution < -0.4 is 5.32 Å². The molecular formula is C19H31N3O2. The van der Waals surface area contributed by atoms with Gasteiger partial charge in [0.25, 0.3) is 0 Å². The number of benzene rings is 1. The Labute approximate surface area is 146 Å². The van der Waals surface area contributed by atoms with Crippen LogP contribution in [-0.2, 0) is 16.0 Å². The smallest absolute Gasteiger partial charge is 0.193 e. The molecule has 1 aromatic rings. The van der Waals surface area contributed by atoms with Gasteiger partial charge in [-0.3, -0.25) is 4.99 Å². The zero-order chi connectivity index (χ0) is 17.4. The molecule has 1 fully saturated rings. The predicted molar refractivity (Wildman–Crippen MR) is 98.5 cm³/mol. The van der Waals surface area contributed by atoms with E-state index in [2.05, 4.69) is 47.3 Å². The van der Waals surface area contributed by atoms with Crippen LogP contribution >= 0.6 is 0 Å². The van der Waals surface area contributed by atoms with Gasteiger partial charge in [-0.1, -0.05) is 23.8 Å². The molecule has 5 nitrogen and oxygen atoms in total. The van der Waals surface area contributed by atoms with E-state index < -0.39 is 0 Å². The molecule has 1 N–H and O–H groups in total. The van der Waals surface area contributed by atoms with Crippen LogP contribution in [0.25, 0.3) is 0 Å². The van der Waals surface area contributed by atoms with Gasteiger partial charge >= 0.3 is 0 Å². The highest BCUT2D eigenvalue weighted by molar-refractivity contribution is 5.80. The Balaban J connectivity index is 1.80. The van der Waals surface area contributed by atoms with E-state index in [1.165, 1.54) is 16.7 Å². The molecule has 2 rings (SSSR count). The van der Waals surface area contributed by atoms with E-state index in [9.17, 15) is 0 Å². The van der Waals surface area contributed by atoms with Crippen LogP contribution in [0.3, 0.4) is 0 Å². The third kappa shape index (κ3) is 5.49. The minimum absolute atomic E-state index is 0.571. The number of likely N-dealkylation sites (tertiary alicyclic amines) is 1. The molecule has 0 spiro atoms. The molecule has 1 atom stereocenters. The van der Waals surface area contributed by atoms with E-state index in [1.54, 1.807) is 7.11 Å². The van der Waals surface area contributed by atoms with Gasteiger partial charge in [0.2, 0.25) is 0 Å². The molecule has 24 heavy (non-hydrogen) atoms. The maximum atomic E-state index is 5.66. The average Bonchev–Trinajstić information content (AvgIpc) is 3.03. The summed E-state index contributed by atoms with van der Waals surface area (Å²) in [6.45, 7) is 9.27. The lowest BCUT2D eigenvalue weighted by Gasteiger charge is -2.22. The second kappa shape index (κ2) is 9.64. The Bertz CT molecular complexity index is 545. The highest BCUT2D eigenvalue weighted by Gasteiger charge is 2.24. The summed E-state index contributed by atoms with van der Waals surface area (Å²) in [6.07, 6.45) is 1.15. The summed E-state index contributed by atoms with van der Waals surface area (Å²) in [6, 6.07) is 6.58. The second-order valence-electron chi connectivity index (χ2n) is 6.50. The SMILES string of the molecule is CN=C(NCc1ccc(C)cc1C)N1CCC(COCCOC)C1. The maximum absolute atomic E-state index is 5.66. The normalized spacial score (nSPS) is 18.2.